The molecule has 0 aliphatic carbocycles. The zero-order chi connectivity index (χ0) is 13.9. The predicted octanol–water partition coefficient (Wildman–Crippen LogP) is 2.58. The first kappa shape index (κ1) is 13.1. The molecule has 1 aromatic carbocycles. The minimum Gasteiger partial charge on any atom is -0.399 e. The molecule has 98 valence electrons. The molecule has 0 aliphatic rings. The molecule has 1 aromatic heterocycles. The molecule has 3 N–H and O–H groups in total. The number of rotatable bonds is 3. The lowest BCUT2D eigenvalue weighted by atomic mass is 9.83. The Morgan fingerprint density at radius 3 is 2.47 bits per heavy atom. The third kappa shape index (κ3) is 2.91. The highest BCUT2D eigenvalue weighted by Gasteiger charge is 2.29. The van der Waals surface area contributed by atoms with Crippen LogP contribution in [0.1, 0.15) is 19.4 Å². The maximum absolute atomic E-state index is 12.3. The highest BCUT2D eigenvalue weighted by atomic mass is 16.2. The van der Waals surface area contributed by atoms with Crippen molar-refractivity contribution in [2.45, 2.75) is 19.3 Å². The minimum atomic E-state index is -0.635. The molecule has 0 unspecified atom stereocenters. The lowest BCUT2D eigenvalue weighted by Gasteiger charge is -2.24. The number of nitrogens with one attached hydrogen (secondary N) is 1. The van der Waals surface area contributed by atoms with Crippen LogP contribution in [-0.4, -0.2) is 10.9 Å². The summed E-state index contributed by atoms with van der Waals surface area (Å²) in [5.41, 5.74) is 7.32. The SMILES string of the molecule is CC(C)(C(=O)Nc1cccnc1)c1ccc(N)cc1. The number of aromatic nitrogens is 1. The Morgan fingerprint density at radius 1 is 1.21 bits per heavy atom. The van der Waals surface area contributed by atoms with E-state index >= 15 is 0 Å². The Balaban J connectivity index is 2.19. The van der Waals surface area contributed by atoms with Gasteiger partial charge in [0.05, 0.1) is 17.3 Å². The van der Waals surface area contributed by atoms with Gasteiger partial charge in [0.25, 0.3) is 0 Å². The van der Waals surface area contributed by atoms with Gasteiger partial charge in [-0.2, -0.15) is 0 Å². The van der Waals surface area contributed by atoms with Gasteiger partial charge in [-0.25, -0.2) is 0 Å². The molecule has 0 radical (unpaired) electrons. The van der Waals surface area contributed by atoms with Gasteiger partial charge in [0.15, 0.2) is 0 Å². The summed E-state index contributed by atoms with van der Waals surface area (Å²) in [6, 6.07) is 10.9. The van der Waals surface area contributed by atoms with E-state index in [1.54, 1.807) is 30.6 Å². The average Bonchev–Trinajstić information content (AvgIpc) is 2.40. The summed E-state index contributed by atoms with van der Waals surface area (Å²) in [5.74, 6) is -0.0785. The largest absolute Gasteiger partial charge is 0.399 e. The van der Waals surface area contributed by atoms with Crippen molar-refractivity contribution in [2.24, 2.45) is 0 Å². The molecule has 4 nitrogen and oxygen atoms in total. The third-order valence-corrected chi connectivity index (χ3v) is 3.12. The van der Waals surface area contributed by atoms with Crippen LogP contribution in [-0.2, 0) is 10.2 Å². The summed E-state index contributed by atoms with van der Waals surface area (Å²) in [6.07, 6.45) is 3.29. The van der Waals surface area contributed by atoms with E-state index in [1.165, 1.54) is 0 Å². The van der Waals surface area contributed by atoms with Gasteiger partial charge in [0.1, 0.15) is 0 Å². The molecule has 1 heterocycles. The minimum absolute atomic E-state index is 0.0785. The first-order valence-electron chi connectivity index (χ1n) is 6.07. The Labute approximate surface area is 112 Å². The monoisotopic (exact) mass is 255 g/mol. The highest BCUT2D eigenvalue weighted by molar-refractivity contribution is 5.98. The second-order valence-electron chi connectivity index (χ2n) is 4.94. The molecular weight excluding hydrogens is 238 g/mol. The molecule has 19 heavy (non-hydrogen) atoms. The number of carbonyl (C=O) groups is 1. The van der Waals surface area contributed by atoms with Crippen LogP contribution < -0.4 is 11.1 Å². The predicted molar refractivity (Wildman–Crippen MR) is 76.7 cm³/mol. The topological polar surface area (TPSA) is 68.0 Å². The second kappa shape index (κ2) is 5.10. The van der Waals surface area contributed by atoms with Gasteiger partial charge in [-0.3, -0.25) is 9.78 Å². The van der Waals surface area contributed by atoms with Gasteiger partial charge >= 0.3 is 0 Å². The van der Waals surface area contributed by atoms with Crippen molar-refractivity contribution in [3.8, 4) is 0 Å². The van der Waals surface area contributed by atoms with Crippen molar-refractivity contribution in [1.29, 1.82) is 0 Å². The first-order valence-corrected chi connectivity index (χ1v) is 6.07. The van der Waals surface area contributed by atoms with Gasteiger partial charge in [-0.05, 0) is 43.7 Å². The number of hydrogen-bond acceptors (Lipinski definition) is 3. The lowest BCUT2D eigenvalue weighted by Crippen LogP contribution is -2.34. The molecule has 2 rings (SSSR count). The van der Waals surface area contributed by atoms with Crippen molar-refractivity contribution in [3.05, 3.63) is 54.4 Å². The van der Waals surface area contributed by atoms with Gasteiger partial charge in [0, 0.05) is 11.9 Å². The third-order valence-electron chi connectivity index (χ3n) is 3.12. The Hall–Kier alpha value is -2.36. The van der Waals surface area contributed by atoms with Crippen LogP contribution in [0.5, 0.6) is 0 Å². The van der Waals surface area contributed by atoms with Crippen LogP contribution in [0.15, 0.2) is 48.8 Å². The van der Waals surface area contributed by atoms with Crippen molar-refractivity contribution in [1.82, 2.24) is 4.98 Å². The van der Waals surface area contributed by atoms with Crippen molar-refractivity contribution in [3.63, 3.8) is 0 Å². The van der Waals surface area contributed by atoms with Crippen LogP contribution in [0.4, 0.5) is 11.4 Å². The smallest absolute Gasteiger partial charge is 0.234 e. The van der Waals surface area contributed by atoms with Gasteiger partial charge in [-0.15, -0.1) is 0 Å². The fourth-order valence-electron chi connectivity index (χ4n) is 1.75. The number of nitrogens with two attached hydrogens (primary N) is 1. The van der Waals surface area contributed by atoms with Crippen LogP contribution in [0.25, 0.3) is 0 Å². The summed E-state index contributed by atoms with van der Waals surface area (Å²) in [7, 11) is 0. The summed E-state index contributed by atoms with van der Waals surface area (Å²) in [5, 5.41) is 2.86. The van der Waals surface area contributed by atoms with E-state index in [0.717, 1.165) is 5.56 Å². The summed E-state index contributed by atoms with van der Waals surface area (Å²) in [6.45, 7) is 3.76. The van der Waals surface area contributed by atoms with Gasteiger partial charge < -0.3 is 11.1 Å². The summed E-state index contributed by atoms with van der Waals surface area (Å²) >= 11 is 0. The molecule has 0 bridgehead atoms. The molecular formula is C15H17N3O. The maximum Gasteiger partial charge on any atom is 0.234 e. The average molecular weight is 255 g/mol. The Bertz CT molecular complexity index is 562. The number of anilines is 2. The molecule has 0 saturated heterocycles. The van der Waals surface area contributed by atoms with E-state index in [2.05, 4.69) is 10.3 Å². The first-order chi connectivity index (χ1) is 9.00. The number of pyridine rings is 1. The molecule has 0 saturated carbocycles. The lowest BCUT2D eigenvalue weighted by molar-refractivity contribution is -0.120. The second-order valence-corrected chi connectivity index (χ2v) is 4.94. The molecule has 0 aliphatic heterocycles. The standard InChI is InChI=1S/C15H17N3O/c1-15(2,11-5-7-12(16)8-6-11)14(19)18-13-4-3-9-17-10-13/h3-10H,16H2,1-2H3,(H,18,19). The number of benzene rings is 1. The van der Waals surface area contributed by atoms with E-state index in [9.17, 15) is 4.79 Å². The highest BCUT2D eigenvalue weighted by Crippen LogP contribution is 2.25. The van der Waals surface area contributed by atoms with Gasteiger partial charge in [-0.1, -0.05) is 12.1 Å². The van der Waals surface area contributed by atoms with Crippen LogP contribution >= 0.6 is 0 Å². The zero-order valence-corrected chi connectivity index (χ0v) is 11.1. The van der Waals surface area contributed by atoms with E-state index in [4.69, 9.17) is 5.73 Å². The molecule has 4 heteroatoms. The van der Waals surface area contributed by atoms with E-state index < -0.39 is 5.41 Å². The number of amides is 1. The number of nitrogen functional groups attached to an aromatic ring is 1. The Kier molecular flexibility index (Phi) is 3.51. The van der Waals surface area contributed by atoms with Crippen LogP contribution in [0.2, 0.25) is 0 Å². The number of hydrogen-bond donors (Lipinski definition) is 2. The maximum atomic E-state index is 12.3. The molecule has 2 aromatic rings. The van der Waals surface area contributed by atoms with Crippen molar-refractivity contribution >= 4 is 17.3 Å². The summed E-state index contributed by atoms with van der Waals surface area (Å²) in [4.78, 5) is 16.3. The fourth-order valence-corrected chi connectivity index (χ4v) is 1.75. The van der Waals surface area contributed by atoms with E-state index in [-0.39, 0.29) is 5.91 Å². The molecule has 0 atom stereocenters. The quantitative estimate of drug-likeness (QED) is 0.828. The molecule has 0 fully saturated rings. The normalized spacial score (nSPS) is 11.1. The molecule has 1 amide bonds. The van der Waals surface area contributed by atoms with Crippen LogP contribution in [0, 0.1) is 0 Å². The number of carbonyl (C=O) groups excluding carboxylic acids is 1. The summed E-state index contributed by atoms with van der Waals surface area (Å²) < 4.78 is 0. The van der Waals surface area contributed by atoms with Crippen LogP contribution in [0.3, 0.4) is 0 Å². The zero-order valence-electron chi connectivity index (χ0n) is 11.1. The number of nitrogens with zero attached hydrogens (tertiary/aromatic N) is 1. The van der Waals surface area contributed by atoms with E-state index in [0.29, 0.717) is 11.4 Å². The molecule has 0 spiro atoms. The van der Waals surface area contributed by atoms with Gasteiger partial charge in [0.2, 0.25) is 5.91 Å². The van der Waals surface area contributed by atoms with Crippen molar-refractivity contribution in [2.75, 3.05) is 11.1 Å². The van der Waals surface area contributed by atoms with E-state index in [1.807, 2.05) is 32.0 Å². The van der Waals surface area contributed by atoms with Crippen molar-refractivity contribution < 1.29 is 4.79 Å². The fraction of sp³-hybridized carbons (Fsp3) is 0.200. The Morgan fingerprint density at radius 2 is 1.89 bits per heavy atom.